The minimum Gasteiger partial charge on any atom is -0.332 e. The van der Waals surface area contributed by atoms with E-state index in [1.807, 2.05) is 32.0 Å². The zero-order chi connectivity index (χ0) is 19.5. The molecule has 1 N–H and O–H groups in total. The standard InChI is InChI=1S/C19H22N2O4S/c1-13-6-5-7-17(14(13)2)20-18(22)12-21(3)19(23)15-8-10-16(11-9-15)26(4,24)25/h5-11H,12H2,1-4H3,(H,20,22). The van der Waals surface area contributed by atoms with Crippen LogP contribution in [0.15, 0.2) is 47.4 Å². The van der Waals surface area contributed by atoms with E-state index in [0.717, 1.165) is 17.4 Å². The lowest BCUT2D eigenvalue weighted by molar-refractivity contribution is -0.116. The number of anilines is 1. The van der Waals surface area contributed by atoms with Gasteiger partial charge >= 0.3 is 0 Å². The zero-order valence-corrected chi connectivity index (χ0v) is 16.1. The summed E-state index contributed by atoms with van der Waals surface area (Å²) in [5.41, 5.74) is 3.08. The molecule has 0 saturated heterocycles. The molecule has 2 aromatic carbocycles. The molecule has 0 bridgehead atoms. The summed E-state index contributed by atoms with van der Waals surface area (Å²) in [7, 11) is -1.79. The van der Waals surface area contributed by atoms with E-state index in [-0.39, 0.29) is 23.3 Å². The van der Waals surface area contributed by atoms with Gasteiger partial charge in [-0.25, -0.2) is 8.42 Å². The molecule has 2 amide bonds. The summed E-state index contributed by atoms with van der Waals surface area (Å²) in [6.45, 7) is 3.77. The van der Waals surface area contributed by atoms with Gasteiger partial charge in [0.25, 0.3) is 5.91 Å². The Kier molecular flexibility index (Phi) is 5.82. The van der Waals surface area contributed by atoms with Crippen molar-refractivity contribution in [2.75, 3.05) is 25.2 Å². The Bertz CT molecular complexity index is 935. The molecular weight excluding hydrogens is 352 g/mol. The number of hydrogen-bond acceptors (Lipinski definition) is 4. The molecule has 7 heteroatoms. The molecule has 0 aliphatic carbocycles. The van der Waals surface area contributed by atoms with E-state index in [1.165, 1.54) is 36.2 Å². The van der Waals surface area contributed by atoms with E-state index in [2.05, 4.69) is 5.32 Å². The van der Waals surface area contributed by atoms with E-state index in [9.17, 15) is 18.0 Å². The topological polar surface area (TPSA) is 83.6 Å². The molecule has 0 aromatic heterocycles. The Hall–Kier alpha value is -2.67. The van der Waals surface area contributed by atoms with Gasteiger partial charge in [0, 0.05) is 24.6 Å². The third-order valence-electron chi connectivity index (χ3n) is 4.14. The van der Waals surface area contributed by atoms with E-state index < -0.39 is 9.84 Å². The number of likely N-dealkylation sites (N-methyl/N-ethyl adjacent to an activating group) is 1. The summed E-state index contributed by atoms with van der Waals surface area (Å²) in [6.07, 6.45) is 1.10. The SMILES string of the molecule is Cc1cccc(NC(=O)CN(C)C(=O)c2ccc(S(C)(=O)=O)cc2)c1C. The van der Waals surface area contributed by atoms with Crippen LogP contribution in [0.25, 0.3) is 0 Å². The number of hydrogen-bond donors (Lipinski definition) is 1. The molecule has 138 valence electrons. The molecule has 0 radical (unpaired) electrons. The molecule has 0 fully saturated rings. The number of benzene rings is 2. The molecule has 6 nitrogen and oxygen atoms in total. The van der Waals surface area contributed by atoms with Crippen LogP contribution in [0.4, 0.5) is 5.69 Å². The predicted molar refractivity (Wildman–Crippen MR) is 101 cm³/mol. The smallest absolute Gasteiger partial charge is 0.254 e. The van der Waals surface area contributed by atoms with Crippen molar-refractivity contribution < 1.29 is 18.0 Å². The third kappa shape index (κ3) is 4.70. The second kappa shape index (κ2) is 7.70. The Morgan fingerprint density at radius 2 is 1.65 bits per heavy atom. The lowest BCUT2D eigenvalue weighted by atomic mass is 10.1. The van der Waals surface area contributed by atoms with Crippen LogP contribution in [-0.4, -0.2) is 45.0 Å². The van der Waals surface area contributed by atoms with Gasteiger partial charge in [-0.1, -0.05) is 12.1 Å². The molecule has 0 aliphatic heterocycles. The number of sulfone groups is 1. The largest absolute Gasteiger partial charge is 0.332 e. The maximum Gasteiger partial charge on any atom is 0.254 e. The van der Waals surface area contributed by atoms with E-state index in [0.29, 0.717) is 11.3 Å². The van der Waals surface area contributed by atoms with Crippen LogP contribution in [0, 0.1) is 13.8 Å². The highest BCUT2D eigenvalue weighted by atomic mass is 32.2. The average molecular weight is 374 g/mol. The summed E-state index contributed by atoms with van der Waals surface area (Å²) >= 11 is 0. The quantitative estimate of drug-likeness (QED) is 0.871. The van der Waals surface area contributed by atoms with Crippen molar-refractivity contribution in [2.45, 2.75) is 18.7 Å². The molecule has 0 atom stereocenters. The lowest BCUT2D eigenvalue weighted by Crippen LogP contribution is -2.35. The molecule has 2 rings (SSSR count). The monoisotopic (exact) mass is 374 g/mol. The summed E-state index contributed by atoms with van der Waals surface area (Å²) in [5, 5.41) is 2.81. The van der Waals surface area contributed by atoms with Crippen LogP contribution >= 0.6 is 0 Å². The number of carbonyl (C=O) groups excluding carboxylic acids is 2. The maximum atomic E-state index is 12.4. The zero-order valence-electron chi connectivity index (χ0n) is 15.2. The molecule has 0 unspecified atom stereocenters. The van der Waals surface area contributed by atoms with Gasteiger partial charge in [-0.3, -0.25) is 9.59 Å². The highest BCUT2D eigenvalue weighted by Gasteiger charge is 2.16. The van der Waals surface area contributed by atoms with Gasteiger partial charge in [-0.15, -0.1) is 0 Å². The second-order valence-corrected chi connectivity index (χ2v) is 8.27. The summed E-state index contributed by atoms with van der Waals surface area (Å²) in [6, 6.07) is 11.3. The molecule has 0 heterocycles. The minimum atomic E-state index is -3.32. The van der Waals surface area contributed by atoms with Gasteiger partial charge < -0.3 is 10.2 Å². The first-order valence-electron chi connectivity index (χ1n) is 8.01. The molecule has 0 saturated carbocycles. The first-order chi connectivity index (χ1) is 12.1. The van der Waals surface area contributed by atoms with E-state index >= 15 is 0 Å². The van der Waals surface area contributed by atoms with Crippen LogP contribution in [-0.2, 0) is 14.6 Å². The van der Waals surface area contributed by atoms with Crippen LogP contribution in [0.1, 0.15) is 21.5 Å². The van der Waals surface area contributed by atoms with Crippen molar-refractivity contribution in [3.05, 3.63) is 59.2 Å². The molecular formula is C19H22N2O4S. The van der Waals surface area contributed by atoms with Crippen molar-refractivity contribution in [2.24, 2.45) is 0 Å². The molecule has 26 heavy (non-hydrogen) atoms. The van der Waals surface area contributed by atoms with Crippen LogP contribution in [0.3, 0.4) is 0 Å². The minimum absolute atomic E-state index is 0.111. The van der Waals surface area contributed by atoms with Crippen LogP contribution < -0.4 is 5.32 Å². The lowest BCUT2D eigenvalue weighted by Gasteiger charge is -2.18. The van der Waals surface area contributed by atoms with Crippen molar-refractivity contribution >= 4 is 27.3 Å². The Labute approximate surface area is 153 Å². The number of nitrogens with zero attached hydrogens (tertiary/aromatic N) is 1. The van der Waals surface area contributed by atoms with Crippen molar-refractivity contribution in [1.29, 1.82) is 0 Å². The van der Waals surface area contributed by atoms with Gasteiger partial charge in [0.1, 0.15) is 0 Å². The highest BCUT2D eigenvalue weighted by Crippen LogP contribution is 2.18. The van der Waals surface area contributed by atoms with E-state index in [4.69, 9.17) is 0 Å². The maximum absolute atomic E-state index is 12.4. The number of nitrogens with one attached hydrogen (secondary N) is 1. The average Bonchev–Trinajstić information content (AvgIpc) is 2.57. The fourth-order valence-electron chi connectivity index (χ4n) is 2.43. The number of amides is 2. The normalized spacial score (nSPS) is 11.1. The Morgan fingerprint density at radius 1 is 1.04 bits per heavy atom. The van der Waals surface area contributed by atoms with Crippen molar-refractivity contribution in [3.63, 3.8) is 0 Å². The third-order valence-corrected chi connectivity index (χ3v) is 5.26. The van der Waals surface area contributed by atoms with Gasteiger partial charge in [-0.2, -0.15) is 0 Å². The number of rotatable bonds is 5. The van der Waals surface area contributed by atoms with Crippen LogP contribution in [0.2, 0.25) is 0 Å². The first kappa shape index (κ1) is 19.7. The fraction of sp³-hybridized carbons (Fsp3) is 0.263. The van der Waals surface area contributed by atoms with Gasteiger partial charge in [0.05, 0.1) is 11.4 Å². The highest BCUT2D eigenvalue weighted by molar-refractivity contribution is 7.90. The summed E-state index contributed by atoms with van der Waals surface area (Å²) in [5.74, 6) is -0.663. The summed E-state index contributed by atoms with van der Waals surface area (Å²) < 4.78 is 22.9. The number of aryl methyl sites for hydroxylation is 1. The summed E-state index contributed by atoms with van der Waals surface area (Å²) in [4.78, 5) is 26.1. The van der Waals surface area contributed by atoms with Gasteiger partial charge in [-0.05, 0) is 55.3 Å². The van der Waals surface area contributed by atoms with E-state index in [1.54, 1.807) is 0 Å². The Morgan fingerprint density at radius 3 is 2.23 bits per heavy atom. The van der Waals surface area contributed by atoms with Gasteiger partial charge in [0.2, 0.25) is 5.91 Å². The second-order valence-electron chi connectivity index (χ2n) is 6.25. The predicted octanol–water partition coefficient (Wildman–Crippen LogP) is 2.42. The first-order valence-corrected chi connectivity index (χ1v) is 9.90. The van der Waals surface area contributed by atoms with Gasteiger partial charge in [0.15, 0.2) is 9.84 Å². The number of carbonyl (C=O) groups is 2. The molecule has 2 aromatic rings. The molecule has 0 spiro atoms. The fourth-order valence-corrected chi connectivity index (χ4v) is 3.06. The van der Waals surface area contributed by atoms with Crippen molar-refractivity contribution in [3.8, 4) is 0 Å². The van der Waals surface area contributed by atoms with Crippen molar-refractivity contribution in [1.82, 2.24) is 4.90 Å². The van der Waals surface area contributed by atoms with Crippen LogP contribution in [0.5, 0.6) is 0 Å². The molecule has 0 aliphatic rings. The Balaban J connectivity index is 2.04.